The number of halogens is 3. The first-order chi connectivity index (χ1) is 14.5. The van der Waals surface area contributed by atoms with Gasteiger partial charge < -0.3 is 9.64 Å². The second-order valence-corrected chi connectivity index (χ2v) is 7.85. The molecule has 1 aliphatic rings. The summed E-state index contributed by atoms with van der Waals surface area (Å²) in [6.45, 7) is 5.00. The molecule has 0 bridgehead atoms. The van der Waals surface area contributed by atoms with E-state index in [1.54, 1.807) is 37.2 Å². The molecular formula is C21H21BClF2N3O3. The number of hydrogen-bond donors (Lipinski definition) is 0. The van der Waals surface area contributed by atoms with Gasteiger partial charge in [-0.05, 0) is 32.4 Å². The van der Waals surface area contributed by atoms with E-state index in [0.29, 0.717) is 17.5 Å². The minimum absolute atomic E-state index is 0.0525. The second kappa shape index (κ2) is 8.67. The van der Waals surface area contributed by atoms with Crippen molar-refractivity contribution >= 4 is 30.9 Å². The van der Waals surface area contributed by atoms with Crippen LogP contribution in [-0.4, -0.2) is 41.2 Å². The first-order valence-electron chi connectivity index (χ1n) is 9.54. The number of allylic oxidation sites excluding steroid dienone is 2. The van der Waals surface area contributed by atoms with E-state index in [0.717, 1.165) is 11.8 Å². The zero-order chi connectivity index (χ0) is 23.0. The topological polar surface area (TPSA) is 64.4 Å². The smallest absolute Gasteiger partial charge is 0.277 e. The minimum atomic E-state index is -0.918. The summed E-state index contributed by atoms with van der Waals surface area (Å²) in [5, 5.41) is -0.202. The van der Waals surface area contributed by atoms with Crippen molar-refractivity contribution in [1.29, 1.82) is 0 Å². The van der Waals surface area contributed by atoms with Crippen molar-refractivity contribution < 1.29 is 18.3 Å². The highest BCUT2D eigenvalue weighted by Crippen LogP contribution is 2.30. The number of likely N-dealkylation sites (N-methyl/N-ethyl adjacent to an activating group) is 1. The Labute approximate surface area is 184 Å². The van der Waals surface area contributed by atoms with Gasteiger partial charge in [-0.2, -0.15) is 0 Å². The van der Waals surface area contributed by atoms with Gasteiger partial charge in [0.1, 0.15) is 34.3 Å². The summed E-state index contributed by atoms with van der Waals surface area (Å²) < 4.78 is 34.2. The van der Waals surface area contributed by atoms with Gasteiger partial charge in [0.05, 0.1) is 11.9 Å². The largest absolute Gasteiger partial charge is 0.492 e. The highest BCUT2D eigenvalue weighted by atomic mass is 35.5. The Morgan fingerprint density at radius 3 is 2.61 bits per heavy atom. The third-order valence-corrected chi connectivity index (χ3v) is 5.39. The van der Waals surface area contributed by atoms with Crippen LogP contribution in [0, 0.1) is 18.6 Å². The lowest BCUT2D eigenvalue weighted by Gasteiger charge is -2.30. The average molecular weight is 448 g/mol. The molecule has 2 aromatic rings. The summed E-state index contributed by atoms with van der Waals surface area (Å²) in [4.78, 5) is 30.6. The van der Waals surface area contributed by atoms with Crippen molar-refractivity contribution in [2.45, 2.75) is 32.8 Å². The van der Waals surface area contributed by atoms with E-state index in [2.05, 4.69) is 4.98 Å². The van der Waals surface area contributed by atoms with Crippen molar-refractivity contribution in [3.05, 3.63) is 74.6 Å². The van der Waals surface area contributed by atoms with Crippen LogP contribution in [0.4, 0.5) is 8.78 Å². The number of nitrogens with zero attached hydrogens (tertiary/aromatic N) is 3. The van der Waals surface area contributed by atoms with Gasteiger partial charge in [0.15, 0.2) is 19.4 Å². The molecule has 10 heteroatoms. The van der Waals surface area contributed by atoms with E-state index < -0.39 is 29.2 Å². The molecule has 2 atom stereocenters. The van der Waals surface area contributed by atoms with Gasteiger partial charge in [0.2, 0.25) is 0 Å². The third-order valence-electron chi connectivity index (χ3n) is 5.04. The van der Waals surface area contributed by atoms with E-state index in [1.807, 2.05) is 6.92 Å². The van der Waals surface area contributed by atoms with Gasteiger partial charge in [-0.3, -0.25) is 19.1 Å². The Balaban J connectivity index is 2.02. The molecule has 0 saturated carbocycles. The van der Waals surface area contributed by atoms with Crippen LogP contribution in [0.3, 0.4) is 0 Å². The lowest BCUT2D eigenvalue weighted by Crippen LogP contribution is -2.36. The molecule has 3 heterocycles. The average Bonchev–Trinajstić information content (AvgIpc) is 2.67. The summed E-state index contributed by atoms with van der Waals surface area (Å²) in [5.74, 6) is -1.68. The van der Waals surface area contributed by atoms with Gasteiger partial charge in [0.25, 0.3) is 5.56 Å². The summed E-state index contributed by atoms with van der Waals surface area (Å²) in [6.07, 6.45) is 4.39. The van der Waals surface area contributed by atoms with Gasteiger partial charge >= 0.3 is 0 Å². The molecule has 0 spiro atoms. The van der Waals surface area contributed by atoms with E-state index >= 15 is 0 Å². The van der Waals surface area contributed by atoms with Gasteiger partial charge in [-0.25, -0.2) is 8.78 Å². The van der Waals surface area contributed by atoms with E-state index in [4.69, 9.17) is 16.3 Å². The number of pyridine rings is 2. The predicted molar refractivity (Wildman–Crippen MR) is 117 cm³/mol. The number of aromatic nitrogens is 2. The summed E-state index contributed by atoms with van der Waals surface area (Å²) in [7, 11) is 3.30. The van der Waals surface area contributed by atoms with Crippen LogP contribution in [0.5, 0.6) is 5.75 Å². The zero-order valence-electron chi connectivity index (χ0n) is 17.7. The Morgan fingerprint density at radius 1 is 1.32 bits per heavy atom. The fourth-order valence-electron chi connectivity index (χ4n) is 3.54. The normalized spacial score (nSPS) is 17.1. The van der Waals surface area contributed by atoms with Gasteiger partial charge in [0, 0.05) is 31.1 Å². The number of rotatable bonds is 5. The first-order valence-corrected chi connectivity index (χ1v) is 9.92. The van der Waals surface area contributed by atoms with Crippen LogP contribution < -0.4 is 10.3 Å². The lowest BCUT2D eigenvalue weighted by atomic mass is 9.95. The molecule has 1 aliphatic heterocycles. The molecule has 31 heavy (non-hydrogen) atoms. The first kappa shape index (κ1) is 22.7. The highest BCUT2D eigenvalue weighted by Gasteiger charge is 2.25. The monoisotopic (exact) mass is 447 g/mol. The molecule has 0 N–H and O–H groups in total. The highest BCUT2D eigenvalue weighted by molar-refractivity contribution is 6.32. The maximum absolute atomic E-state index is 14.0. The number of Topliss-reactive ketones (excluding diaryl/α,β-unsaturated/α-hetero) is 1. The maximum Gasteiger partial charge on any atom is 0.277 e. The second-order valence-electron chi connectivity index (χ2n) is 7.47. The molecule has 0 aromatic carbocycles. The molecule has 2 aromatic heterocycles. The Hall–Kier alpha value is -2.94. The molecule has 0 radical (unpaired) electrons. The lowest BCUT2D eigenvalue weighted by molar-refractivity contribution is -0.119. The van der Waals surface area contributed by atoms with Crippen molar-refractivity contribution in [2.24, 2.45) is 0 Å². The van der Waals surface area contributed by atoms with Crippen molar-refractivity contribution in [1.82, 2.24) is 14.5 Å². The van der Waals surface area contributed by atoms with Gasteiger partial charge in [-0.15, -0.1) is 0 Å². The molecule has 0 amide bonds. The number of aryl methyl sites for hydroxylation is 1. The van der Waals surface area contributed by atoms with Crippen molar-refractivity contribution in [3.8, 4) is 5.75 Å². The van der Waals surface area contributed by atoms with Crippen LogP contribution in [0.25, 0.3) is 5.70 Å². The molecule has 0 fully saturated rings. The molecule has 0 aliphatic carbocycles. The van der Waals surface area contributed by atoms with Crippen LogP contribution in [0.1, 0.15) is 31.2 Å². The summed E-state index contributed by atoms with van der Waals surface area (Å²) >= 11 is 6.30. The Bertz CT molecular complexity index is 1180. The molecule has 6 nitrogen and oxygen atoms in total. The predicted octanol–water partition coefficient (Wildman–Crippen LogP) is 2.84. The zero-order valence-corrected chi connectivity index (χ0v) is 18.5. The Kier molecular flexibility index (Phi) is 6.36. The number of ether oxygens (including phenoxy) is 1. The van der Waals surface area contributed by atoms with Crippen LogP contribution in [0.15, 0.2) is 41.0 Å². The van der Waals surface area contributed by atoms with Crippen molar-refractivity contribution in [3.63, 3.8) is 0 Å². The molecular weight excluding hydrogens is 427 g/mol. The van der Waals surface area contributed by atoms with E-state index in [1.165, 1.54) is 19.3 Å². The van der Waals surface area contributed by atoms with E-state index in [9.17, 15) is 18.4 Å². The minimum Gasteiger partial charge on any atom is -0.492 e. The maximum atomic E-state index is 14.0. The molecule has 0 saturated heterocycles. The van der Waals surface area contributed by atoms with Gasteiger partial charge in [-0.1, -0.05) is 11.6 Å². The van der Waals surface area contributed by atoms with Crippen LogP contribution in [0.2, 0.25) is 5.02 Å². The summed E-state index contributed by atoms with van der Waals surface area (Å²) in [6, 6.07) is 0.836. The number of hydrogen-bond acceptors (Lipinski definition) is 5. The molecule has 3 rings (SSSR count). The van der Waals surface area contributed by atoms with Crippen LogP contribution >= 0.6 is 11.6 Å². The fraction of sp³-hybridized carbons (Fsp3) is 0.286. The fourth-order valence-corrected chi connectivity index (χ4v) is 3.73. The standard InChI is InChI=1S/C21H21BClF2N3O3/c1-10-9-27(4)16(12(3)29)7-15(10)28-11(2)5-17(18(23)21(28)30)31-20(22)19-14(25)6-13(24)8-26-19/h5-9,16,20H,22H2,1-4H3. The molecule has 162 valence electrons. The van der Waals surface area contributed by atoms with E-state index in [-0.39, 0.29) is 22.2 Å². The van der Waals surface area contributed by atoms with Crippen molar-refractivity contribution in [2.75, 3.05) is 7.05 Å². The molecule has 2 unspecified atom stereocenters. The SMILES string of the molecule is BC(Oc1cc(C)n(C2=CC(C(C)=O)N(C)C=C2C)c(=O)c1Cl)c1ncc(F)cc1F. The number of ketones is 1. The number of carbonyl (C=O) groups is 1. The summed E-state index contributed by atoms with van der Waals surface area (Å²) in [5.41, 5.74) is 1.19. The Morgan fingerprint density at radius 2 is 2.00 bits per heavy atom. The number of carbonyl (C=O) groups excluding carboxylic acids is 1. The van der Waals surface area contributed by atoms with Crippen LogP contribution in [-0.2, 0) is 4.79 Å². The quantitative estimate of drug-likeness (QED) is 0.660. The third kappa shape index (κ3) is 4.41.